The van der Waals surface area contributed by atoms with Gasteiger partial charge in [-0.1, -0.05) is 12.1 Å². The Kier molecular flexibility index (Phi) is 7.87. The number of nitrogens with one attached hydrogen (secondary N) is 2. The van der Waals surface area contributed by atoms with Gasteiger partial charge < -0.3 is 20.3 Å². The summed E-state index contributed by atoms with van der Waals surface area (Å²) in [5, 5.41) is 6.20. The van der Waals surface area contributed by atoms with Crippen LogP contribution >= 0.6 is 0 Å². The monoisotopic (exact) mass is 389 g/mol. The lowest BCUT2D eigenvalue weighted by Gasteiger charge is -2.30. The van der Waals surface area contributed by atoms with Gasteiger partial charge in [-0.15, -0.1) is 0 Å². The van der Waals surface area contributed by atoms with Gasteiger partial charge in [-0.05, 0) is 77.6 Å². The minimum absolute atomic E-state index is 0.0633. The Bertz CT molecular complexity index is 669. The molecule has 1 aromatic rings. The Morgan fingerprint density at radius 1 is 1.32 bits per heavy atom. The molecule has 2 atom stereocenters. The molecule has 0 aliphatic carbocycles. The summed E-state index contributed by atoms with van der Waals surface area (Å²) in [5.74, 6) is -0.0633. The Balaban J connectivity index is 1.80. The number of amides is 2. The molecule has 0 bridgehead atoms. The highest BCUT2D eigenvalue weighted by molar-refractivity contribution is 5.94. The van der Waals surface area contributed by atoms with Crippen molar-refractivity contribution in [3.63, 3.8) is 0 Å². The second-order valence-corrected chi connectivity index (χ2v) is 8.59. The van der Waals surface area contributed by atoms with Crippen molar-refractivity contribution in [2.24, 2.45) is 0 Å². The molecule has 2 N–H and O–H groups in total. The van der Waals surface area contributed by atoms with Gasteiger partial charge in [0.25, 0.3) is 5.91 Å². The summed E-state index contributed by atoms with van der Waals surface area (Å²) in [4.78, 5) is 26.0. The number of likely N-dealkylation sites (tertiary alicyclic amines) is 1. The van der Waals surface area contributed by atoms with Gasteiger partial charge in [-0.2, -0.15) is 0 Å². The molecular formula is C22H35N3O3. The van der Waals surface area contributed by atoms with Crippen molar-refractivity contribution in [1.82, 2.24) is 15.5 Å². The van der Waals surface area contributed by atoms with E-state index in [1.54, 1.807) is 7.05 Å². The van der Waals surface area contributed by atoms with Crippen LogP contribution in [-0.2, 0) is 11.2 Å². The van der Waals surface area contributed by atoms with Crippen molar-refractivity contribution in [2.45, 2.75) is 71.1 Å². The minimum atomic E-state index is -0.461. The SMILES string of the molecule is CNC(=O)c1cccc(CCN[C@H](C)C[C@@H]2CCCN2C(=O)OC(C)(C)C)c1. The summed E-state index contributed by atoms with van der Waals surface area (Å²) >= 11 is 0. The summed E-state index contributed by atoms with van der Waals surface area (Å²) < 4.78 is 5.55. The molecule has 0 aromatic heterocycles. The lowest BCUT2D eigenvalue weighted by atomic mass is 10.0. The van der Waals surface area contributed by atoms with Gasteiger partial charge in [0.1, 0.15) is 5.60 Å². The molecule has 28 heavy (non-hydrogen) atoms. The molecular weight excluding hydrogens is 354 g/mol. The highest BCUT2D eigenvalue weighted by Crippen LogP contribution is 2.24. The second-order valence-electron chi connectivity index (χ2n) is 8.59. The van der Waals surface area contributed by atoms with Gasteiger partial charge in [-0.25, -0.2) is 4.79 Å². The van der Waals surface area contributed by atoms with Gasteiger partial charge in [-0.3, -0.25) is 4.79 Å². The van der Waals surface area contributed by atoms with E-state index in [1.807, 2.05) is 49.9 Å². The molecule has 1 heterocycles. The number of ether oxygens (including phenoxy) is 1. The minimum Gasteiger partial charge on any atom is -0.444 e. The average molecular weight is 390 g/mol. The molecule has 6 heteroatoms. The van der Waals surface area contributed by atoms with Gasteiger partial charge in [0.2, 0.25) is 0 Å². The molecule has 0 saturated carbocycles. The topological polar surface area (TPSA) is 70.7 Å². The maximum Gasteiger partial charge on any atom is 0.410 e. The smallest absolute Gasteiger partial charge is 0.410 e. The van der Waals surface area contributed by atoms with Gasteiger partial charge in [0, 0.05) is 31.2 Å². The van der Waals surface area contributed by atoms with Crippen LogP contribution in [0.2, 0.25) is 0 Å². The number of carbonyl (C=O) groups excluding carboxylic acids is 2. The maximum atomic E-state index is 12.4. The van der Waals surface area contributed by atoms with Crippen LogP contribution in [0.5, 0.6) is 0 Å². The lowest BCUT2D eigenvalue weighted by Crippen LogP contribution is -2.42. The van der Waals surface area contributed by atoms with E-state index in [2.05, 4.69) is 17.6 Å². The third-order valence-corrected chi connectivity index (χ3v) is 4.95. The predicted octanol–water partition coefficient (Wildman–Crippen LogP) is 3.36. The van der Waals surface area contributed by atoms with Crippen LogP contribution in [0.25, 0.3) is 0 Å². The number of rotatable bonds is 7. The molecule has 2 amide bonds. The zero-order valence-corrected chi connectivity index (χ0v) is 17.9. The quantitative estimate of drug-likeness (QED) is 0.750. The van der Waals surface area contributed by atoms with Gasteiger partial charge in [0.15, 0.2) is 0 Å². The molecule has 0 spiro atoms. The van der Waals surface area contributed by atoms with Crippen LogP contribution < -0.4 is 10.6 Å². The van der Waals surface area contributed by atoms with E-state index in [1.165, 1.54) is 0 Å². The fraction of sp³-hybridized carbons (Fsp3) is 0.636. The van der Waals surface area contributed by atoms with Crippen LogP contribution in [-0.4, -0.2) is 54.7 Å². The first-order chi connectivity index (χ1) is 13.2. The van der Waals surface area contributed by atoms with E-state index in [0.717, 1.165) is 44.3 Å². The Labute approximate surface area is 169 Å². The van der Waals surface area contributed by atoms with E-state index >= 15 is 0 Å². The summed E-state index contributed by atoms with van der Waals surface area (Å²) in [7, 11) is 1.64. The number of hydrogen-bond acceptors (Lipinski definition) is 4. The van der Waals surface area contributed by atoms with Crippen molar-refractivity contribution >= 4 is 12.0 Å². The Morgan fingerprint density at radius 3 is 2.75 bits per heavy atom. The van der Waals surface area contributed by atoms with Gasteiger partial charge >= 0.3 is 6.09 Å². The maximum absolute atomic E-state index is 12.4. The first kappa shape index (κ1) is 22.2. The van der Waals surface area contributed by atoms with Crippen molar-refractivity contribution in [1.29, 1.82) is 0 Å². The molecule has 1 aliphatic heterocycles. The van der Waals surface area contributed by atoms with Crippen molar-refractivity contribution in [3.8, 4) is 0 Å². The summed E-state index contributed by atoms with van der Waals surface area (Å²) in [6, 6.07) is 8.25. The highest BCUT2D eigenvalue weighted by atomic mass is 16.6. The summed E-state index contributed by atoms with van der Waals surface area (Å²) in [6.45, 7) is 9.47. The molecule has 1 aromatic carbocycles. The highest BCUT2D eigenvalue weighted by Gasteiger charge is 2.32. The number of hydrogen-bond donors (Lipinski definition) is 2. The van der Waals surface area contributed by atoms with Crippen LogP contribution in [0.4, 0.5) is 4.79 Å². The zero-order valence-electron chi connectivity index (χ0n) is 17.9. The lowest BCUT2D eigenvalue weighted by molar-refractivity contribution is 0.0214. The molecule has 2 rings (SSSR count). The van der Waals surface area contributed by atoms with Crippen LogP contribution in [0, 0.1) is 0 Å². The standard InChI is InChI=1S/C22H35N3O3/c1-16(14-19-10-7-13-25(19)21(27)28-22(2,3)4)24-12-11-17-8-6-9-18(15-17)20(26)23-5/h6,8-9,15-16,19,24H,7,10-14H2,1-5H3,(H,23,26)/t16-,19+/m1/s1. The first-order valence-electron chi connectivity index (χ1n) is 10.2. The molecule has 1 saturated heterocycles. The predicted molar refractivity (Wildman–Crippen MR) is 112 cm³/mol. The molecule has 6 nitrogen and oxygen atoms in total. The number of benzene rings is 1. The van der Waals surface area contributed by atoms with E-state index < -0.39 is 5.60 Å². The molecule has 0 radical (unpaired) electrons. The van der Waals surface area contributed by atoms with E-state index in [4.69, 9.17) is 4.74 Å². The zero-order chi connectivity index (χ0) is 20.7. The fourth-order valence-corrected chi connectivity index (χ4v) is 3.61. The van der Waals surface area contributed by atoms with Crippen molar-refractivity contribution < 1.29 is 14.3 Å². The third kappa shape index (κ3) is 6.82. The number of nitrogens with zero attached hydrogens (tertiary/aromatic N) is 1. The van der Waals surface area contributed by atoms with Crippen LogP contribution in [0.1, 0.15) is 62.9 Å². The number of carbonyl (C=O) groups is 2. The summed E-state index contributed by atoms with van der Waals surface area (Å²) in [6.07, 6.45) is 3.63. The third-order valence-electron chi connectivity index (χ3n) is 4.95. The molecule has 1 fully saturated rings. The van der Waals surface area contributed by atoms with E-state index in [0.29, 0.717) is 11.6 Å². The van der Waals surface area contributed by atoms with Crippen LogP contribution in [0.3, 0.4) is 0 Å². The first-order valence-corrected chi connectivity index (χ1v) is 10.2. The molecule has 156 valence electrons. The van der Waals surface area contributed by atoms with E-state index in [9.17, 15) is 9.59 Å². The Hall–Kier alpha value is -2.08. The summed E-state index contributed by atoms with van der Waals surface area (Å²) in [5.41, 5.74) is 1.36. The largest absolute Gasteiger partial charge is 0.444 e. The van der Waals surface area contributed by atoms with E-state index in [-0.39, 0.29) is 18.0 Å². The fourth-order valence-electron chi connectivity index (χ4n) is 3.61. The van der Waals surface area contributed by atoms with Crippen molar-refractivity contribution in [2.75, 3.05) is 20.1 Å². The van der Waals surface area contributed by atoms with Crippen molar-refractivity contribution in [3.05, 3.63) is 35.4 Å². The second kappa shape index (κ2) is 9.92. The molecule has 1 aliphatic rings. The van der Waals surface area contributed by atoms with Crippen LogP contribution in [0.15, 0.2) is 24.3 Å². The molecule has 0 unspecified atom stereocenters. The average Bonchev–Trinajstić information content (AvgIpc) is 3.08. The Morgan fingerprint density at radius 2 is 2.07 bits per heavy atom. The van der Waals surface area contributed by atoms with Gasteiger partial charge in [0.05, 0.1) is 0 Å². The normalized spacial score (nSPS) is 18.0.